The van der Waals surface area contributed by atoms with Crippen LogP contribution in [0.2, 0.25) is 0 Å². The fourth-order valence-electron chi connectivity index (χ4n) is 5.90. The lowest BCUT2D eigenvalue weighted by atomic mass is 9.87. The molecule has 34 heavy (non-hydrogen) atoms. The average Bonchev–Trinajstić information content (AvgIpc) is 3.28. The van der Waals surface area contributed by atoms with Gasteiger partial charge in [-0.2, -0.15) is 0 Å². The Labute approximate surface area is 201 Å². The van der Waals surface area contributed by atoms with E-state index in [2.05, 4.69) is 4.90 Å². The second-order valence-electron chi connectivity index (χ2n) is 10.0. The van der Waals surface area contributed by atoms with Crippen LogP contribution < -0.4 is 0 Å². The fraction of sp³-hybridized carbons (Fsp3) is 0.414. The number of piperidine rings is 1. The van der Waals surface area contributed by atoms with Gasteiger partial charge in [0, 0.05) is 31.1 Å². The van der Waals surface area contributed by atoms with Gasteiger partial charge in [0.2, 0.25) is 0 Å². The number of nitrogens with zero attached hydrogens (tertiary/aromatic N) is 2. The van der Waals surface area contributed by atoms with E-state index in [0.29, 0.717) is 19.0 Å². The van der Waals surface area contributed by atoms with E-state index >= 15 is 0 Å². The summed E-state index contributed by atoms with van der Waals surface area (Å²) in [6, 6.07) is 20.8. The first-order valence-corrected chi connectivity index (χ1v) is 12.4. The molecule has 2 unspecified atom stereocenters. The number of hydrogen-bond acceptors (Lipinski definition) is 3. The number of carbonyl (C=O) groups is 1. The second kappa shape index (κ2) is 9.85. The van der Waals surface area contributed by atoms with E-state index in [0.717, 1.165) is 48.8 Å². The van der Waals surface area contributed by atoms with Crippen molar-refractivity contribution in [2.75, 3.05) is 32.7 Å². The molecule has 3 aromatic carbocycles. The fourth-order valence-corrected chi connectivity index (χ4v) is 5.90. The minimum Gasteiger partial charge on any atom is -0.393 e. The molecular weight excluding hydrogens is 427 g/mol. The van der Waals surface area contributed by atoms with Gasteiger partial charge in [0.15, 0.2) is 0 Å². The lowest BCUT2D eigenvalue weighted by molar-refractivity contribution is 0.0758. The van der Waals surface area contributed by atoms with Gasteiger partial charge in [-0.15, -0.1) is 0 Å². The van der Waals surface area contributed by atoms with Gasteiger partial charge in [-0.05, 0) is 79.2 Å². The van der Waals surface area contributed by atoms with Crippen LogP contribution >= 0.6 is 0 Å². The molecule has 3 aromatic rings. The molecule has 2 aliphatic rings. The maximum Gasteiger partial charge on any atom is 0.254 e. The molecule has 5 heteroatoms. The number of aliphatic hydroxyl groups excluding tert-OH is 1. The number of hydrogen-bond donors (Lipinski definition) is 1. The van der Waals surface area contributed by atoms with Crippen molar-refractivity contribution in [3.05, 3.63) is 83.7 Å². The highest BCUT2D eigenvalue weighted by molar-refractivity contribution is 6.07. The van der Waals surface area contributed by atoms with Gasteiger partial charge in [-0.3, -0.25) is 4.79 Å². The van der Waals surface area contributed by atoms with Gasteiger partial charge >= 0.3 is 0 Å². The van der Waals surface area contributed by atoms with Gasteiger partial charge in [0.1, 0.15) is 5.82 Å². The second-order valence-corrected chi connectivity index (χ2v) is 10.0. The van der Waals surface area contributed by atoms with Crippen LogP contribution in [0.15, 0.2) is 66.7 Å². The molecule has 2 aliphatic heterocycles. The number of benzene rings is 3. The highest BCUT2D eigenvalue weighted by Crippen LogP contribution is 2.33. The van der Waals surface area contributed by atoms with Crippen molar-refractivity contribution in [1.82, 2.24) is 9.80 Å². The molecular formula is C29H33FN2O2. The first kappa shape index (κ1) is 23.0. The normalized spacial score (nSPS) is 22.9. The number of likely N-dealkylation sites (tertiary alicyclic amines) is 2. The predicted molar refractivity (Wildman–Crippen MR) is 133 cm³/mol. The topological polar surface area (TPSA) is 43.8 Å². The van der Waals surface area contributed by atoms with Crippen molar-refractivity contribution in [1.29, 1.82) is 0 Å². The minimum atomic E-state index is -0.452. The number of rotatable bonds is 5. The van der Waals surface area contributed by atoms with Gasteiger partial charge in [0.05, 0.1) is 6.10 Å². The van der Waals surface area contributed by atoms with Crippen LogP contribution in [0.3, 0.4) is 0 Å². The lowest BCUT2D eigenvalue weighted by Gasteiger charge is -2.35. The van der Waals surface area contributed by atoms with Crippen molar-refractivity contribution in [3.63, 3.8) is 0 Å². The van der Waals surface area contributed by atoms with E-state index in [9.17, 15) is 14.3 Å². The summed E-state index contributed by atoms with van der Waals surface area (Å²) in [7, 11) is 0. The molecule has 2 heterocycles. The van der Waals surface area contributed by atoms with Gasteiger partial charge in [-0.25, -0.2) is 4.39 Å². The molecule has 0 bridgehead atoms. The van der Waals surface area contributed by atoms with Crippen LogP contribution in [0.25, 0.3) is 10.8 Å². The Balaban J connectivity index is 1.24. The summed E-state index contributed by atoms with van der Waals surface area (Å²) in [5, 5.41) is 12.6. The van der Waals surface area contributed by atoms with Gasteiger partial charge in [0.25, 0.3) is 5.91 Å². The summed E-state index contributed by atoms with van der Waals surface area (Å²) < 4.78 is 13.3. The Kier molecular flexibility index (Phi) is 6.66. The molecule has 1 amide bonds. The quantitative estimate of drug-likeness (QED) is 0.587. The number of aliphatic hydroxyl groups is 1. The highest BCUT2D eigenvalue weighted by Gasteiger charge is 2.39. The monoisotopic (exact) mass is 460 g/mol. The van der Waals surface area contributed by atoms with Crippen molar-refractivity contribution in [2.45, 2.75) is 31.8 Å². The van der Waals surface area contributed by atoms with Crippen molar-refractivity contribution in [3.8, 4) is 0 Å². The van der Waals surface area contributed by atoms with E-state index in [4.69, 9.17) is 0 Å². The van der Waals surface area contributed by atoms with Crippen LogP contribution in [0, 0.1) is 17.7 Å². The summed E-state index contributed by atoms with van der Waals surface area (Å²) in [6.07, 6.45) is 1.65. The molecule has 3 atom stereocenters. The van der Waals surface area contributed by atoms with Gasteiger partial charge < -0.3 is 14.9 Å². The third-order valence-electron chi connectivity index (χ3n) is 7.84. The highest BCUT2D eigenvalue weighted by atomic mass is 19.1. The largest absolute Gasteiger partial charge is 0.393 e. The Hall–Kier alpha value is -2.76. The zero-order valence-electron chi connectivity index (χ0n) is 19.7. The van der Waals surface area contributed by atoms with Crippen LogP contribution in [0.4, 0.5) is 4.39 Å². The molecule has 5 rings (SSSR count). The van der Waals surface area contributed by atoms with E-state index < -0.39 is 6.10 Å². The van der Waals surface area contributed by atoms with Gasteiger partial charge in [-0.1, -0.05) is 48.5 Å². The van der Waals surface area contributed by atoms with Crippen LogP contribution in [0.1, 0.15) is 41.6 Å². The Morgan fingerprint density at radius 2 is 1.71 bits per heavy atom. The van der Waals surface area contributed by atoms with Crippen molar-refractivity contribution >= 4 is 16.7 Å². The van der Waals surface area contributed by atoms with Crippen molar-refractivity contribution in [2.24, 2.45) is 11.8 Å². The molecule has 0 spiro atoms. The van der Waals surface area contributed by atoms with E-state index in [1.165, 1.54) is 5.56 Å². The average molecular weight is 461 g/mol. The first-order valence-electron chi connectivity index (χ1n) is 12.4. The summed E-state index contributed by atoms with van der Waals surface area (Å²) in [6.45, 7) is 5.99. The molecule has 4 nitrogen and oxygen atoms in total. The molecule has 178 valence electrons. The zero-order chi connectivity index (χ0) is 23.7. The number of halogens is 1. The Morgan fingerprint density at radius 3 is 2.44 bits per heavy atom. The molecule has 0 radical (unpaired) electrons. The molecule has 0 aromatic heterocycles. The van der Waals surface area contributed by atoms with E-state index in [1.54, 1.807) is 12.1 Å². The number of carbonyl (C=O) groups excluding carboxylic acids is 1. The Bertz CT molecular complexity index is 1130. The zero-order valence-corrected chi connectivity index (χ0v) is 19.7. The third kappa shape index (κ3) is 4.73. The molecule has 2 saturated heterocycles. The summed E-state index contributed by atoms with van der Waals surface area (Å²) in [5.41, 5.74) is 1.96. The standard InChI is InChI=1S/C29H33FN2O2/c1-20(33)28-19-32(29(34)27-8-4-6-23-5-2-3-7-26(23)27)18-24(28)17-31-15-13-22(14-16-31)21-9-11-25(30)12-10-21/h2-12,20,22,24,28,33H,13-19H2,1H3/t20?,24-,28?/m1/s1. The summed E-state index contributed by atoms with van der Waals surface area (Å²) >= 11 is 0. The maximum atomic E-state index is 13.5. The molecule has 0 aliphatic carbocycles. The Morgan fingerprint density at radius 1 is 1.00 bits per heavy atom. The van der Waals surface area contributed by atoms with Crippen LogP contribution in [-0.4, -0.2) is 59.6 Å². The minimum absolute atomic E-state index is 0.0555. The lowest BCUT2D eigenvalue weighted by Crippen LogP contribution is -2.40. The molecule has 2 fully saturated rings. The molecule has 0 saturated carbocycles. The van der Waals surface area contributed by atoms with Crippen molar-refractivity contribution < 1.29 is 14.3 Å². The predicted octanol–water partition coefficient (Wildman–Crippen LogP) is 4.93. The van der Waals surface area contributed by atoms with Crippen LogP contribution in [-0.2, 0) is 0 Å². The number of amides is 1. The third-order valence-corrected chi connectivity index (χ3v) is 7.84. The van der Waals surface area contributed by atoms with Crippen LogP contribution in [0.5, 0.6) is 0 Å². The first-order chi connectivity index (χ1) is 16.5. The number of fused-ring (bicyclic) bond motifs is 1. The summed E-state index contributed by atoms with van der Waals surface area (Å²) in [5.74, 6) is 0.668. The maximum absolute atomic E-state index is 13.5. The smallest absolute Gasteiger partial charge is 0.254 e. The SMILES string of the molecule is CC(O)C1CN(C(=O)c2cccc3ccccc23)C[C@H]1CN1CCC(c2ccc(F)cc2)CC1. The summed E-state index contributed by atoms with van der Waals surface area (Å²) in [4.78, 5) is 17.9. The van der Waals surface area contributed by atoms with E-state index in [-0.39, 0.29) is 23.6 Å². The molecule has 1 N–H and O–H groups in total. The van der Waals surface area contributed by atoms with E-state index in [1.807, 2.05) is 66.4 Å².